The molecule has 0 aliphatic carbocycles. The van der Waals surface area contributed by atoms with Crippen LogP contribution in [0.5, 0.6) is 5.75 Å². The number of rotatable bonds is 5. The summed E-state index contributed by atoms with van der Waals surface area (Å²) in [5.41, 5.74) is -1.24. The maximum atomic E-state index is 13.4. The Morgan fingerprint density at radius 1 is 1.35 bits per heavy atom. The van der Waals surface area contributed by atoms with E-state index in [1.54, 1.807) is 18.2 Å². The van der Waals surface area contributed by atoms with E-state index in [2.05, 4.69) is 5.10 Å². The lowest BCUT2D eigenvalue weighted by Crippen LogP contribution is -2.57. The molecule has 0 unspecified atom stereocenters. The number of hydrogen-bond acceptors (Lipinski definition) is 4. The normalized spacial score (nSPS) is 20.5. The van der Waals surface area contributed by atoms with Crippen molar-refractivity contribution in [2.24, 2.45) is 11.0 Å². The summed E-state index contributed by atoms with van der Waals surface area (Å²) in [6, 6.07) is 5.11. The van der Waals surface area contributed by atoms with Crippen molar-refractivity contribution in [3.8, 4) is 5.75 Å². The molecule has 1 aromatic carbocycles. The molecule has 0 saturated heterocycles. The van der Waals surface area contributed by atoms with E-state index in [1.165, 1.54) is 0 Å². The van der Waals surface area contributed by atoms with E-state index in [1.807, 2.05) is 27.7 Å². The third-order valence-corrected chi connectivity index (χ3v) is 4.22. The summed E-state index contributed by atoms with van der Waals surface area (Å²) in [5, 5.41) is 14.0. The Kier molecular flexibility index (Phi) is 5.65. The van der Waals surface area contributed by atoms with E-state index in [9.17, 15) is 23.1 Å². The Morgan fingerprint density at radius 2 is 2.00 bits per heavy atom. The zero-order chi connectivity index (χ0) is 19.7. The fraction of sp³-hybridized carbons (Fsp3) is 0.556. The SMILES string of the molecule is Cc1ccc(OCC(=O)N2N=C(CC(C)C)C[C@]2(O)C(F)(F)F)cc1C. The Morgan fingerprint density at radius 3 is 2.54 bits per heavy atom. The van der Waals surface area contributed by atoms with Crippen LogP contribution in [0.3, 0.4) is 0 Å². The largest absolute Gasteiger partial charge is 0.484 e. The van der Waals surface area contributed by atoms with Gasteiger partial charge in [-0.2, -0.15) is 23.3 Å². The maximum Gasteiger partial charge on any atom is 0.438 e. The molecule has 1 atom stereocenters. The standard InChI is InChI=1S/C18H23F3N2O3/c1-11(2)7-14-9-17(25,18(19,20)21)23(22-14)16(24)10-26-15-6-5-12(3)13(4)8-15/h5-6,8,11,25H,7,9-10H2,1-4H3/t17-/m0/s1. The van der Waals surface area contributed by atoms with Crippen LogP contribution in [0, 0.1) is 19.8 Å². The predicted octanol–water partition coefficient (Wildman–Crippen LogP) is 3.57. The fourth-order valence-electron chi connectivity index (χ4n) is 2.70. The van der Waals surface area contributed by atoms with Crippen molar-refractivity contribution in [1.82, 2.24) is 5.01 Å². The second kappa shape index (κ2) is 7.26. The Hall–Kier alpha value is -2.09. The average molecular weight is 372 g/mol. The summed E-state index contributed by atoms with van der Waals surface area (Å²) in [5.74, 6) is -0.641. The van der Waals surface area contributed by atoms with E-state index in [0.717, 1.165) is 11.1 Å². The van der Waals surface area contributed by atoms with Gasteiger partial charge in [0.15, 0.2) is 6.61 Å². The van der Waals surface area contributed by atoms with Gasteiger partial charge in [-0.15, -0.1) is 0 Å². The molecule has 1 aromatic rings. The summed E-state index contributed by atoms with van der Waals surface area (Å²) >= 11 is 0. The van der Waals surface area contributed by atoms with Crippen molar-refractivity contribution >= 4 is 11.6 Å². The Bertz CT molecular complexity index is 716. The van der Waals surface area contributed by atoms with Gasteiger partial charge in [0.05, 0.1) is 0 Å². The van der Waals surface area contributed by atoms with Gasteiger partial charge >= 0.3 is 6.18 Å². The molecule has 1 amide bonds. The number of aliphatic hydroxyl groups is 1. The molecule has 144 valence electrons. The molecule has 1 N–H and O–H groups in total. The van der Waals surface area contributed by atoms with Gasteiger partial charge in [-0.3, -0.25) is 4.79 Å². The number of halogens is 3. The van der Waals surface area contributed by atoms with Crippen LogP contribution in [0.15, 0.2) is 23.3 Å². The molecule has 0 spiro atoms. The molecule has 1 heterocycles. The third-order valence-electron chi connectivity index (χ3n) is 4.22. The van der Waals surface area contributed by atoms with E-state index < -0.39 is 30.8 Å². The highest BCUT2D eigenvalue weighted by Gasteiger charge is 2.63. The molecule has 26 heavy (non-hydrogen) atoms. The van der Waals surface area contributed by atoms with Crippen molar-refractivity contribution in [2.45, 2.75) is 52.4 Å². The summed E-state index contributed by atoms with van der Waals surface area (Å²) in [6.45, 7) is 6.75. The predicted molar refractivity (Wildman–Crippen MR) is 90.8 cm³/mol. The molecule has 1 aliphatic rings. The first-order chi connectivity index (χ1) is 11.9. The number of benzene rings is 1. The van der Waals surface area contributed by atoms with E-state index in [4.69, 9.17) is 4.74 Å². The van der Waals surface area contributed by atoms with Gasteiger partial charge in [-0.05, 0) is 49.4 Å². The molecular formula is C18H23F3N2O3. The number of nitrogens with zero attached hydrogens (tertiary/aromatic N) is 2. The molecule has 0 saturated carbocycles. The summed E-state index contributed by atoms with van der Waals surface area (Å²) in [4.78, 5) is 12.3. The van der Waals surface area contributed by atoms with Gasteiger partial charge in [-0.1, -0.05) is 19.9 Å². The first kappa shape index (κ1) is 20.2. The van der Waals surface area contributed by atoms with Gasteiger partial charge < -0.3 is 9.84 Å². The second-order valence-corrected chi connectivity index (χ2v) is 7.00. The highest BCUT2D eigenvalue weighted by Crippen LogP contribution is 2.41. The molecule has 0 radical (unpaired) electrons. The van der Waals surface area contributed by atoms with Gasteiger partial charge in [0.1, 0.15) is 5.75 Å². The van der Waals surface area contributed by atoms with Crippen LogP contribution in [0.2, 0.25) is 0 Å². The van der Waals surface area contributed by atoms with Gasteiger partial charge in [0.25, 0.3) is 11.6 Å². The zero-order valence-corrected chi connectivity index (χ0v) is 15.2. The van der Waals surface area contributed by atoms with E-state index in [-0.39, 0.29) is 23.1 Å². The number of ether oxygens (including phenoxy) is 1. The summed E-state index contributed by atoms with van der Waals surface area (Å²) in [7, 11) is 0. The Labute approximate surface area is 150 Å². The summed E-state index contributed by atoms with van der Waals surface area (Å²) in [6.07, 6.45) is -5.50. The third kappa shape index (κ3) is 4.17. The van der Waals surface area contributed by atoms with E-state index in [0.29, 0.717) is 5.75 Å². The van der Waals surface area contributed by atoms with Crippen molar-refractivity contribution in [2.75, 3.05) is 6.61 Å². The highest BCUT2D eigenvalue weighted by atomic mass is 19.4. The molecule has 1 aliphatic heterocycles. The van der Waals surface area contributed by atoms with Crippen molar-refractivity contribution in [3.05, 3.63) is 29.3 Å². The molecule has 5 nitrogen and oxygen atoms in total. The number of carbonyl (C=O) groups is 1. The lowest BCUT2D eigenvalue weighted by atomic mass is 9.99. The van der Waals surface area contributed by atoms with Crippen molar-refractivity contribution < 1.29 is 27.8 Å². The molecule has 0 bridgehead atoms. The van der Waals surface area contributed by atoms with Crippen LogP contribution in [0.4, 0.5) is 13.2 Å². The van der Waals surface area contributed by atoms with Crippen LogP contribution in [0.1, 0.15) is 37.8 Å². The van der Waals surface area contributed by atoms with Crippen molar-refractivity contribution in [3.63, 3.8) is 0 Å². The average Bonchev–Trinajstić information content (AvgIpc) is 2.85. The lowest BCUT2D eigenvalue weighted by molar-refractivity contribution is -0.302. The summed E-state index contributed by atoms with van der Waals surface area (Å²) < 4.78 is 45.4. The number of aryl methyl sites for hydroxylation is 2. The number of carbonyl (C=O) groups excluding carboxylic acids is 1. The minimum absolute atomic E-state index is 0.0491. The minimum atomic E-state index is -5.02. The van der Waals surface area contributed by atoms with Gasteiger partial charge in [0, 0.05) is 12.1 Å². The zero-order valence-electron chi connectivity index (χ0n) is 15.2. The topological polar surface area (TPSA) is 62.1 Å². The van der Waals surface area contributed by atoms with Crippen LogP contribution in [0.25, 0.3) is 0 Å². The van der Waals surface area contributed by atoms with Crippen LogP contribution in [-0.2, 0) is 4.79 Å². The van der Waals surface area contributed by atoms with Crippen LogP contribution < -0.4 is 4.74 Å². The monoisotopic (exact) mass is 372 g/mol. The second-order valence-electron chi connectivity index (χ2n) is 7.00. The fourth-order valence-corrected chi connectivity index (χ4v) is 2.70. The van der Waals surface area contributed by atoms with Crippen molar-refractivity contribution in [1.29, 1.82) is 0 Å². The lowest BCUT2D eigenvalue weighted by Gasteiger charge is -2.32. The molecule has 2 rings (SSSR count). The maximum absolute atomic E-state index is 13.4. The molecule has 0 fully saturated rings. The number of alkyl halides is 3. The van der Waals surface area contributed by atoms with Crippen LogP contribution >= 0.6 is 0 Å². The number of amides is 1. The number of hydrazone groups is 1. The quantitative estimate of drug-likeness (QED) is 0.860. The van der Waals surface area contributed by atoms with Crippen LogP contribution in [-0.4, -0.2) is 40.2 Å². The molecule has 8 heteroatoms. The van der Waals surface area contributed by atoms with E-state index >= 15 is 0 Å². The highest BCUT2D eigenvalue weighted by molar-refractivity contribution is 5.91. The molecule has 0 aromatic heterocycles. The van der Waals surface area contributed by atoms with Gasteiger partial charge in [0.2, 0.25) is 0 Å². The first-order valence-electron chi connectivity index (χ1n) is 8.32. The molecular weight excluding hydrogens is 349 g/mol. The minimum Gasteiger partial charge on any atom is -0.484 e. The Balaban J connectivity index is 2.17. The van der Waals surface area contributed by atoms with Gasteiger partial charge in [-0.25, -0.2) is 0 Å². The number of hydrogen-bond donors (Lipinski definition) is 1. The first-order valence-corrected chi connectivity index (χ1v) is 8.32. The smallest absolute Gasteiger partial charge is 0.438 e.